The Kier molecular flexibility index (Phi) is 7.45. The van der Waals surface area contributed by atoms with Crippen molar-refractivity contribution in [1.82, 2.24) is 10.8 Å². The first-order valence-corrected chi connectivity index (χ1v) is 8.45. The van der Waals surface area contributed by atoms with Gasteiger partial charge in [-0.2, -0.15) is 0 Å². The largest absolute Gasteiger partial charge is 0.339 e. The first-order chi connectivity index (χ1) is 13.4. The number of carbonyl (C=O) groups excluding carboxylic acids is 2. The summed E-state index contributed by atoms with van der Waals surface area (Å²) >= 11 is 0. The molecular formula is C21H20FN3O3. The number of rotatable bonds is 5. The standard InChI is InChI=1S/C21H20FN3O3/c1-14(23)19(21(27)25-28)24-20(26)17-12-10-15(11-13-17)6-2-3-7-16-8-4-5-9-18(16)22/h2,4-6,8-14,19,28H,23H2,1H3,(H,24,26)(H,25,27)/b6-2+/t14-,19+/m1/s1. The number of hydrogen-bond acceptors (Lipinski definition) is 4. The van der Waals surface area contributed by atoms with Gasteiger partial charge in [0.1, 0.15) is 11.9 Å². The second-order valence-corrected chi connectivity index (χ2v) is 5.99. The van der Waals surface area contributed by atoms with Crippen LogP contribution in [0.15, 0.2) is 54.6 Å². The van der Waals surface area contributed by atoms with E-state index in [1.807, 2.05) is 0 Å². The van der Waals surface area contributed by atoms with E-state index in [0.717, 1.165) is 5.56 Å². The summed E-state index contributed by atoms with van der Waals surface area (Å²) in [5.74, 6) is 3.80. The number of nitrogens with two attached hydrogens (primary N) is 1. The molecule has 28 heavy (non-hydrogen) atoms. The van der Waals surface area contributed by atoms with Crippen LogP contribution in [0, 0.1) is 17.7 Å². The molecular weight excluding hydrogens is 361 g/mol. The van der Waals surface area contributed by atoms with Crippen LogP contribution in [-0.4, -0.2) is 29.1 Å². The number of nitrogens with one attached hydrogen (secondary N) is 2. The van der Waals surface area contributed by atoms with E-state index in [4.69, 9.17) is 10.9 Å². The van der Waals surface area contributed by atoms with Crippen LogP contribution in [0.25, 0.3) is 6.08 Å². The molecule has 2 atom stereocenters. The van der Waals surface area contributed by atoms with Crippen LogP contribution in [0.2, 0.25) is 0 Å². The van der Waals surface area contributed by atoms with Crippen LogP contribution in [0.1, 0.15) is 28.4 Å². The monoisotopic (exact) mass is 381 g/mol. The predicted octanol–water partition coefficient (Wildman–Crippen LogP) is 1.84. The van der Waals surface area contributed by atoms with Gasteiger partial charge in [0, 0.05) is 11.6 Å². The summed E-state index contributed by atoms with van der Waals surface area (Å²) in [5, 5.41) is 11.2. The van der Waals surface area contributed by atoms with E-state index >= 15 is 0 Å². The molecule has 5 N–H and O–H groups in total. The minimum Gasteiger partial charge on any atom is -0.339 e. The second-order valence-electron chi connectivity index (χ2n) is 5.99. The van der Waals surface area contributed by atoms with Gasteiger partial charge in [0.15, 0.2) is 0 Å². The van der Waals surface area contributed by atoms with Crippen molar-refractivity contribution in [3.63, 3.8) is 0 Å². The minimum absolute atomic E-state index is 0.315. The maximum absolute atomic E-state index is 13.5. The molecule has 0 saturated carbocycles. The highest BCUT2D eigenvalue weighted by atomic mass is 19.1. The SMILES string of the molecule is C[C@@H](N)[C@H](NC(=O)c1ccc(/C=C/C#Cc2ccccc2F)cc1)C(=O)NO. The van der Waals surface area contributed by atoms with Crippen molar-refractivity contribution in [2.75, 3.05) is 0 Å². The molecule has 6 nitrogen and oxygen atoms in total. The smallest absolute Gasteiger partial charge is 0.267 e. The summed E-state index contributed by atoms with van der Waals surface area (Å²) in [5.41, 5.74) is 8.56. The maximum atomic E-state index is 13.5. The molecule has 0 radical (unpaired) electrons. The average Bonchev–Trinajstić information content (AvgIpc) is 2.70. The lowest BCUT2D eigenvalue weighted by atomic mass is 10.1. The van der Waals surface area contributed by atoms with Crippen LogP contribution >= 0.6 is 0 Å². The number of allylic oxidation sites excluding steroid dienone is 1. The number of amides is 2. The van der Waals surface area contributed by atoms with Crippen molar-refractivity contribution in [1.29, 1.82) is 0 Å². The minimum atomic E-state index is -1.06. The highest BCUT2D eigenvalue weighted by Crippen LogP contribution is 2.08. The first kappa shape index (κ1) is 20.8. The Morgan fingerprint density at radius 2 is 1.86 bits per heavy atom. The van der Waals surface area contributed by atoms with Crippen molar-refractivity contribution in [2.24, 2.45) is 5.73 Å². The Bertz CT molecular complexity index is 928. The summed E-state index contributed by atoms with van der Waals surface area (Å²) in [6, 6.07) is 11.0. The Morgan fingerprint density at radius 3 is 2.46 bits per heavy atom. The molecule has 0 heterocycles. The molecule has 2 aromatic rings. The van der Waals surface area contributed by atoms with Gasteiger partial charge in [-0.15, -0.1) is 0 Å². The van der Waals surface area contributed by atoms with Crippen LogP contribution in [0.5, 0.6) is 0 Å². The van der Waals surface area contributed by atoms with Gasteiger partial charge in [0.05, 0.1) is 5.56 Å². The van der Waals surface area contributed by atoms with E-state index in [1.165, 1.54) is 18.5 Å². The Morgan fingerprint density at radius 1 is 1.18 bits per heavy atom. The van der Waals surface area contributed by atoms with Crippen molar-refractivity contribution < 1.29 is 19.2 Å². The van der Waals surface area contributed by atoms with Gasteiger partial charge in [-0.05, 0) is 48.9 Å². The topological polar surface area (TPSA) is 104 Å². The second kappa shape index (κ2) is 10.0. The number of carbonyl (C=O) groups is 2. The number of hydroxylamine groups is 1. The van der Waals surface area contributed by atoms with Gasteiger partial charge in [-0.25, -0.2) is 9.87 Å². The molecule has 0 spiro atoms. The van der Waals surface area contributed by atoms with Crippen LogP contribution in [-0.2, 0) is 4.79 Å². The summed E-state index contributed by atoms with van der Waals surface area (Å²) < 4.78 is 13.5. The molecule has 0 unspecified atom stereocenters. The Balaban J connectivity index is 2.02. The number of hydrogen-bond donors (Lipinski definition) is 4. The van der Waals surface area contributed by atoms with Gasteiger partial charge in [0.2, 0.25) is 0 Å². The van der Waals surface area contributed by atoms with Crippen LogP contribution in [0.4, 0.5) is 4.39 Å². The van der Waals surface area contributed by atoms with E-state index in [1.54, 1.807) is 54.6 Å². The zero-order valence-corrected chi connectivity index (χ0v) is 15.1. The number of halogens is 1. The normalized spacial score (nSPS) is 12.6. The van der Waals surface area contributed by atoms with E-state index in [-0.39, 0.29) is 5.82 Å². The van der Waals surface area contributed by atoms with Crippen molar-refractivity contribution in [2.45, 2.75) is 19.0 Å². The lowest BCUT2D eigenvalue weighted by molar-refractivity contribution is -0.131. The average molecular weight is 381 g/mol. The molecule has 0 aliphatic rings. The van der Waals surface area contributed by atoms with E-state index in [2.05, 4.69) is 17.2 Å². The quantitative estimate of drug-likeness (QED) is 0.360. The highest BCUT2D eigenvalue weighted by molar-refractivity contribution is 5.97. The van der Waals surface area contributed by atoms with E-state index in [0.29, 0.717) is 11.1 Å². The summed E-state index contributed by atoms with van der Waals surface area (Å²) in [6.45, 7) is 1.54. The Labute approximate surface area is 162 Å². The molecule has 0 aliphatic heterocycles. The predicted molar refractivity (Wildman–Crippen MR) is 104 cm³/mol. The molecule has 0 aromatic heterocycles. The third-order valence-electron chi connectivity index (χ3n) is 3.82. The Hall–Kier alpha value is -3.47. The fourth-order valence-electron chi connectivity index (χ4n) is 2.30. The molecule has 2 rings (SSSR count). The van der Waals surface area contributed by atoms with E-state index < -0.39 is 23.9 Å². The molecule has 0 aliphatic carbocycles. The molecule has 0 bridgehead atoms. The summed E-state index contributed by atoms with van der Waals surface area (Å²) in [6.07, 6.45) is 3.30. The van der Waals surface area contributed by atoms with Crippen LogP contribution < -0.4 is 16.5 Å². The maximum Gasteiger partial charge on any atom is 0.267 e. The third-order valence-corrected chi connectivity index (χ3v) is 3.82. The van der Waals surface area contributed by atoms with Gasteiger partial charge in [-0.3, -0.25) is 14.8 Å². The lowest BCUT2D eigenvalue weighted by Crippen LogP contribution is -2.54. The van der Waals surface area contributed by atoms with Gasteiger partial charge in [0.25, 0.3) is 11.8 Å². The molecule has 0 fully saturated rings. The van der Waals surface area contributed by atoms with Gasteiger partial charge >= 0.3 is 0 Å². The zero-order valence-electron chi connectivity index (χ0n) is 15.1. The lowest BCUT2D eigenvalue weighted by Gasteiger charge is -2.20. The highest BCUT2D eigenvalue weighted by Gasteiger charge is 2.24. The van der Waals surface area contributed by atoms with Crippen molar-refractivity contribution in [3.8, 4) is 11.8 Å². The number of benzene rings is 2. The van der Waals surface area contributed by atoms with Crippen LogP contribution in [0.3, 0.4) is 0 Å². The summed E-state index contributed by atoms with van der Waals surface area (Å²) in [7, 11) is 0. The van der Waals surface area contributed by atoms with E-state index in [9.17, 15) is 14.0 Å². The van der Waals surface area contributed by atoms with Gasteiger partial charge in [-0.1, -0.05) is 36.1 Å². The first-order valence-electron chi connectivity index (χ1n) is 8.45. The molecule has 0 saturated heterocycles. The van der Waals surface area contributed by atoms with Crippen molar-refractivity contribution in [3.05, 3.63) is 77.1 Å². The van der Waals surface area contributed by atoms with Gasteiger partial charge < -0.3 is 11.1 Å². The zero-order chi connectivity index (χ0) is 20.5. The molecule has 2 amide bonds. The molecule has 7 heteroatoms. The fourth-order valence-corrected chi connectivity index (χ4v) is 2.30. The fraction of sp³-hybridized carbons (Fsp3) is 0.143. The third kappa shape index (κ3) is 5.77. The van der Waals surface area contributed by atoms with Crippen molar-refractivity contribution >= 4 is 17.9 Å². The molecule has 144 valence electrons. The summed E-state index contributed by atoms with van der Waals surface area (Å²) in [4.78, 5) is 23.8. The molecule has 2 aromatic carbocycles.